The predicted octanol–water partition coefficient (Wildman–Crippen LogP) is 4.01. The number of anilines is 1. The molecule has 0 saturated heterocycles. The number of aryl methyl sites for hydroxylation is 1. The number of hydrogen-bond donors (Lipinski definition) is 5. The van der Waals surface area contributed by atoms with Crippen molar-refractivity contribution in [2.45, 2.75) is 44.7 Å². The molecule has 0 atom stereocenters. The molecule has 3 aromatic rings. The molecule has 0 amide bonds. The van der Waals surface area contributed by atoms with E-state index in [1.165, 1.54) is 12.1 Å². The summed E-state index contributed by atoms with van der Waals surface area (Å²) in [6.45, 7) is 2.04. The second-order valence-electron chi connectivity index (χ2n) is 7.67. The van der Waals surface area contributed by atoms with Crippen LogP contribution in [0.1, 0.15) is 31.2 Å². The van der Waals surface area contributed by atoms with Gasteiger partial charge in [-0.15, -0.1) is 0 Å². The van der Waals surface area contributed by atoms with Crippen LogP contribution in [0.15, 0.2) is 36.5 Å². The van der Waals surface area contributed by atoms with Crippen LogP contribution in [0.25, 0.3) is 22.0 Å². The van der Waals surface area contributed by atoms with Gasteiger partial charge in [0.2, 0.25) is 0 Å². The van der Waals surface area contributed by atoms with Crippen LogP contribution >= 0.6 is 0 Å². The van der Waals surface area contributed by atoms with Gasteiger partial charge in [0.05, 0.1) is 5.52 Å². The predicted molar refractivity (Wildman–Crippen MR) is 111 cm³/mol. The van der Waals surface area contributed by atoms with E-state index < -0.39 is 5.75 Å². The van der Waals surface area contributed by atoms with Crippen LogP contribution in [-0.2, 0) is 0 Å². The molecule has 0 radical (unpaired) electrons. The van der Waals surface area contributed by atoms with E-state index in [-0.39, 0.29) is 11.5 Å². The van der Waals surface area contributed by atoms with Gasteiger partial charge >= 0.3 is 0 Å². The van der Waals surface area contributed by atoms with Crippen LogP contribution in [0.2, 0.25) is 0 Å². The second kappa shape index (κ2) is 7.20. The first-order valence-electron chi connectivity index (χ1n) is 9.59. The monoisotopic (exact) mass is 379 g/mol. The Morgan fingerprint density at radius 3 is 2.32 bits per heavy atom. The van der Waals surface area contributed by atoms with Gasteiger partial charge in [-0.1, -0.05) is 6.07 Å². The Balaban J connectivity index is 1.76. The van der Waals surface area contributed by atoms with Gasteiger partial charge in [0.1, 0.15) is 0 Å². The Hall–Kier alpha value is -2.99. The van der Waals surface area contributed by atoms with Crippen LogP contribution < -0.4 is 11.1 Å². The molecule has 1 aliphatic carbocycles. The SMILES string of the molecule is Cc1cnc2ccc(-c3cc(O)c(O)c(O)c3)cc2c1NC1CCC(N)CC1. The number of nitrogens with one attached hydrogen (secondary N) is 1. The minimum atomic E-state index is -0.514. The van der Waals surface area contributed by atoms with E-state index >= 15 is 0 Å². The lowest BCUT2D eigenvalue weighted by atomic mass is 9.91. The van der Waals surface area contributed by atoms with Crippen LogP contribution in [0.5, 0.6) is 17.2 Å². The highest BCUT2D eigenvalue weighted by molar-refractivity contribution is 5.96. The normalized spacial score (nSPS) is 19.6. The van der Waals surface area contributed by atoms with Crippen molar-refractivity contribution >= 4 is 16.6 Å². The quantitative estimate of drug-likeness (QED) is 0.440. The molecule has 1 saturated carbocycles. The number of aromatic hydroxyl groups is 3. The highest BCUT2D eigenvalue weighted by atomic mass is 16.3. The van der Waals surface area contributed by atoms with Gasteiger partial charge in [0, 0.05) is 29.4 Å². The molecule has 0 aliphatic heterocycles. The average molecular weight is 379 g/mol. The molecule has 2 aromatic carbocycles. The number of phenols is 3. The summed E-state index contributed by atoms with van der Waals surface area (Å²) in [5.41, 5.74) is 10.5. The van der Waals surface area contributed by atoms with Crippen molar-refractivity contribution in [3.8, 4) is 28.4 Å². The second-order valence-corrected chi connectivity index (χ2v) is 7.67. The molecule has 6 heteroatoms. The van der Waals surface area contributed by atoms with Gasteiger partial charge in [-0.05, 0) is 73.6 Å². The van der Waals surface area contributed by atoms with E-state index in [0.717, 1.165) is 53.4 Å². The molecular formula is C22H25N3O3. The van der Waals surface area contributed by atoms with Crippen molar-refractivity contribution in [2.24, 2.45) is 5.73 Å². The number of pyridine rings is 1. The fourth-order valence-corrected chi connectivity index (χ4v) is 3.90. The Bertz CT molecular complexity index is 1000. The molecule has 6 N–H and O–H groups in total. The molecule has 4 rings (SSSR count). The standard InChI is InChI=1S/C22H25N3O3/c1-12-11-24-18-7-2-13(14-9-19(26)22(28)20(27)10-14)8-17(18)21(12)25-16-5-3-15(23)4-6-16/h2,7-11,15-16,26-28H,3-6,23H2,1H3,(H,24,25). The summed E-state index contributed by atoms with van der Waals surface area (Å²) in [7, 11) is 0. The maximum Gasteiger partial charge on any atom is 0.200 e. The Labute approximate surface area is 163 Å². The van der Waals surface area contributed by atoms with Gasteiger partial charge in [0.15, 0.2) is 17.2 Å². The van der Waals surface area contributed by atoms with Crippen LogP contribution in [0.4, 0.5) is 5.69 Å². The van der Waals surface area contributed by atoms with Crippen LogP contribution in [0.3, 0.4) is 0 Å². The summed E-state index contributed by atoms with van der Waals surface area (Å²) in [4.78, 5) is 4.53. The molecule has 0 unspecified atom stereocenters. The zero-order chi connectivity index (χ0) is 19.8. The molecule has 1 aromatic heterocycles. The number of aromatic nitrogens is 1. The summed E-state index contributed by atoms with van der Waals surface area (Å²) in [5, 5.41) is 34.0. The number of hydrogen-bond acceptors (Lipinski definition) is 6. The van der Waals surface area contributed by atoms with Gasteiger partial charge < -0.3 is 26.4 Å². The smallest absolute Gasteiger partial charge is 0.200 e. The molecule has 0 bridgehead atoms. The lowest BCUT2D eigenvalue weighted by Crippen LogP contribution is -2.33. The molecular weight excluding hydrogens is 354 g/mol. The highest BCUT2D eigenvalue weighted by Crippen LogP contribution is 2.40. The number of nitrogens with zero attached hydrogens (tertiary/aromatic N) is 1. The largest absolute Gasteiger partial charge is 0.504 e. The van der Waals surface area contributed by atoms with Gasteiger partial charge in [-0.25, -0.2) is 0 Å². The molecule has 6 nitrogen and oxygen atoms in total. The van der Waals surface area contributed by atoms with Crippen molar-refractivity contribution in [1.29, 1.82) is 0 Å². The molecule has 146 valence electrons. The lowest BCUT2D eigenvalue weighted by Gasteiger charge is -2.28. The summed E-state index contributed by atoms with van der Waals surface area (Å²) >= 11 is 0. The van der Waals surface area contributed by atoms with E-state index in [0.29, 0.717) is 17.6 Å². The third kappa shape index (κ3) is 3.43. The fourth-order valence-electron chi connectivity index (χ4n) is 3.90. The average Bonchev–Trinajstić information content (AvgIpc) is 2.69. The van der Waals surface area contributed by atoms with Crippen LogP contribution in [0, 0.1) is 6.92 Å². The van der Waals surface area contributed by atoms with Crippen molar-refractivity contribution in [1.82, 2.24) is 4.98 Å². The van der Waals surface area contributed by atoms with Gasteiger partial charge in [-0.3, -0.25) is 4.98 Å². The molecule has 1 aliphatic rings. The lowest BCUT2D eigenvalue weighted by molar-refractivity contribution is 0.368. The Morgan fingerprint density at radius 1 is 0.964 bits per heavy atom. The highest BCUT2D eigenvalue weighted by Gasteiger charge is 2.20. The Morgan fingerprint density at radius 2 is 1.64 bits per heavy atom. The number of phenolic OH excluding ortho intramolecular Hbond substituents is 3. The van der Waals surface area contributed by atoms with Crippen molar-refractivity contribution in [2.75, 3.05) is 5.32 Å². The number of fused-ring (bicyclic) bond motifs is 1. The van der Waals surface area contributed by atoms with Crippen LogP contribution in [-0.4, -0.2) is 32.4 Å². The summed E-state index contributed by atoms with van der Waals surface area (Å²) in [6.07, 6.45) is 6.01. The van der Waals surface area contributed by atoms with E-state index in [2.05, 4.69) is 10.3 Å². The topological polar surface area (TPSA) is 112 Å². The van der Waals surface area contributed by atoms with E-state index in [1.807, 2.05) is 31.3 Å². The van der Waals surface area contributed by atoms with Gasteiger partial charge in [-0.2, -0.15) is 0 Å². The number of rotatable bonds is 3. The fraction of sp³-hybridized carbons (Fsp3) is 0.318. The van der Waals surface area contributed by atoms with Gasteiger partial charge in [0.25, 0.3) is 0 Å². The van der Waals surface area contributed by atoms with Crippen molar-refractivity contribution in [3.63, 3.8) is 0 Å². The number of nitrogens with two attached hydrogens (primary N) is 1. The van der Waals surface area contributed by atoms with Crippen molar-refractivity contribution in [3.05, 3.63) is 42.1 Å². The zero-order valence-corrected chi connectivity index (χ0v) is 15.8. The maximum atomic E-state index is 9.85. The molecule has 0 spiro atoms. The zero-order valence-electron chi connectivity index (χ0n) is 15.8. The minimum absolute atomic E-state index is 0.301. The maximum absolute atomic E-state index is 9.85. The number of benzene rings is 2. The summed E-state index contributed by atoms with van der Waals surface area (Å²) < 4.78 is 0. The first-order valence-corrected chi connectivity index (χ1v) is 9.59. The third-order valence-corrected chi connectivity index (χ3v) is 5.58. The first-order chi connectivity index (χ1) is 13.4. The van der Waals surface area contributed by atoms with E-state index in [1.54, 1.807) is 0 Å². The Kier molecular flexibility index (Phi) is 4.73. The summed E-state index contributed by atoms with van der Waals surface area (Å²) in [6, 6.07) is 9.37. The van der Waals surface area contributed by atoms with E-state index in [9.17, 15) is 15.3 Å². The van der Waals surface area contributed by atoms with Crippen molar-refractivity contribution < 1.29 is 15.3 Å². The minimum Gasteiger partial charge on any atom is -0.504 e. The summed E-state index contributed by atoms with van der Waals surface area (Å²) in [5.74, 6) is -1.22. The molecule has 1 heterocycles. The first kappa shape index (κ1) is 18.4. The van der Waals surface area contributed by atoms with E-state index in [4.69, 9.17) is 5.73 Å². The molecule has 1 fully saturated rings. The third-order valence-electron chi connectivity index (χ3n) is 5.58. The molecule has 28 heavy (non-hydrogen) atoms.